The molecule has 48 heavy (non-hydrogen) atoms. The maximum Gasteiger partial charge on any atom is 0.323 e. The number of nitrogens with one attached hydrogen (secondary N) is 2. The fourth-order valence-corrected chi connectivity index (χ4v) is 5.91. The van der Waals surface area contributed by atoms with E-state index in [0.29, 0.717) is 41.1 Å². The van der Waals surface area contributed by atoms with Crippen LogP contribution >= 0.6 is 0 Å². The summed E-state index contributed by atoms with van der Waals surface area (Å²) in [6, 6.07) is 26.6. The maximum atomic E-state index is 14.5. The summed E-state index contributed by atoms with van der Waals surface area (Å²) in [5, 5.41) is 10.9. The Morgan fingerprint density at radius 2 is 1.58 bits per heavy atom. The number of rotatable bonds is 11. The van der Waals surface area contributed by atoms with Crippen LogP contribution < -0.4 is 20.9 Å². The number of benzene rings is 3. The molecule has 3 heterocycles. The fourth-order valence-electron chi connectivity index (χ4n) is 5.91. The van der Waals surface area contributed by atoms with Crippen molar-refractivity contribution in [1.29, 1.82) is 0 Å². The van der Waals surface area contributed by atoms with Crippen LogP contribution in [0, 0.1) is 0 Å². The lowest BCUT2D eigenvalue weighted by molar-refractivity contribution is 0.262. The molecule has 0 aliphatic heterocycles. The molecule has 6 rings (SSSR count). The van der Waals surface area contributed by atoms with Crippen LogP contribution in [-0.4, -0.2) is 37.0 Å². The van der Waals surface area contributed by atoms with E-state index in [-0.39, 0.29) is 29.6 Å². The van der Waals surface area contributed by atoms with Gasteiger partial charge in [-0.3, -0.25) is 9.36 Å². The van der Waals surface area contributed by atoms with Crippen molar-refractivity contribution in [3.63, 3.8) is 0 Å². The highest BCUT2D eigenvalue weighted by atomic mass is 16.5. The number of ether oxygens (including phenoxy) is 1. The zero-order valence-corrected chi connectivity index (χ0v) is 27.6. The van der Waals surface area contributed by atoms with Crippen LogP contribution in [0.2, 0.25) is 0 Å². The summed E-state index contributed by atoms with van der Waals surface area (Å²) in [6.45, 7) is 9.56. The van der Waals surface area contributed by atoms with Gasteiger partial charge < -0.3 is 15.4 Å². The molecule has 0 radical (unpaired) electrons. The number of aromatic nitrogens is 5. The van der Waals surface area contributed by atoms with Crippen LogP contribution in [0.15, 0.2) is 109 Å². The van der Waals surface area contributed by atoms with E-state index in [2.05, 4.69) is 53.4 Å². The number of pyridine rings is 2. The molecular weight excluding hydrogens is 602 g/mol. The second kappa shape index (κ2) is 14.3. The third kappa shape index (κ3) is 6.97. The van der Waals surface area contributed by atoms with Crippen LogP contribution in [0.5, 0.6) is 5.75 Å². The molecule has 0 aliphatic carbocycles. The minimum Gasteiger partial charge on any atom is -0.492 e. The van der Waals surface area contributed by atoms with Crippen LogP contribution in [0.3, 0.4) is 0 Å². The molecule has 0 aliphatic rings. The molecule has 0 fully saturated rings. The quantitative estimate of drug-likeness (QED) is 0.150. The summed E-state index contributed by atoms with van der Waals surface area (Å²) >= 11 is 0. The van der Waals surface area contributed by atoms with E-state index in [0.717, 1.165) is 22.4 Å². The predicted octanol–water partition coefficient (Wildman–Crippen LogP) is 7.67. The van der Waals surface area contributed by atoms with E-state index in [9.17, 15) is 9.59 Å². The van der Waals surface area contributed by atoms with Gasteiger partial charge in [-0.2, -0.15) is 5.10 Å². The fraction of sp³-hybridized carbons (Fsp3) is 0.237. The first-order chi connectivity index (χ1) is 23.3. The SMILES string of the molecule is CC(C)c1cccc(C(C)C)c1NC(=O)Nc1c(-c2cccc(OCCn3cncn3)c2)c2cccnc2n(Cc2ccccc2)c1=O. The van der Waals surface area contributed by atoms with E-state index in [4.69, 9.17) is 4.74 Å². The second-order valence-electron chi connectivity index (χ2n) is 12.2. The Labute approximate surface area is 279 Å². The van der Waals surface area contributed by atoms with Gasteiger partial charge in [0.1, 0.15) is 36.3 Å². The highest BCUT2D eigenvalue weighted by Gasteiger charge is 2.23. The number of hydrogen-bond donors (Lipinski definition) is 2. The zero-order chi connectivity index (χ0) is 33.6. The zero-order valence-electron chi connectivity index (χ0n) is 27.6. The first-order valence-corrected chi connectivity index (χ1v) is 16.1. The van der Waals surface area contributed by atoms with Crippen LogP contribution in [0.25, 0.3) is 22.2 Å². The molecule has 0 unspecified atom stereocenters. The number of carbonyl (C=O) groups excluding carboxylic acids is 1. The van der Waals surface area contributed by atoms with E-state index in [1.165, 1.54) is 6.33 Å². The summed E-state index contributed by atoms with van der Waals surface area (Å²) in [6.07, 6.45) is 4.79. The van der Waals surface area contributed by atoms with Crippen molar-refractivity contribution in [2.75, 3.05) is 17.2 Å². The molecule has 0 saturated heterocycles. The van der Waals surface area contributed by atoms with Crippen molar-refractivity contribution in [2.45, 2.75) is 52.6 Å². The Hall–Kier alpha value is -5.77. The Morgan fingerprint density at radius 3 is 2.29 bits per heavy atom. The average Bonchev–Trinajstić information content (AvgIpc) is 3.61. The average molecular weight is 642 g/mol. The Morgan fingerprint density at radius 1 is 0.854 bits per heavy atom. The highest BCUT2D eigenvalue weighted by Crippen LogP contribution is 2.36. The third-order valence-electron chi connectivity index (χ3n) is 8.23. The normalized spacial score (nSPS) is 11.3. The van der Waals surface area contributed by atoms with E-state index in [1.807, 2.05) is 84.9 Å². The number of fused-ring (bicyclic) bond motifs is 1. The molecule has 6 aromatic rings. The Bertz CT molecular complexity index is 2060. The van der Waals surface area contributed by atoms with Crippen LogP contribution in [0.4, 0.5) is 16.2 Å². The molecule has 0 spiro atoms. The van der Waals surface area contributed by atoms with Gasteiger partial charge >= 0.3 is 6.03 Å². The van der Waals surface area contributed by atoms with Gasteiger partial charge in [-0.25, -0.2) is 19.4 Å². The number of nitrogens with zero attached hydrogens (tertiary/aromatic N) is 5. The van der Waals surface area contributed by atoms with Crippen molar-refractivity contribution >= 4 is 28.4 Å². The Balaban J connectivity index is 1.45. The molecule has 2 N–H and O–H groups in total. The monoisotopic (exact) mass is 641 g/mol. The molecular formula is C38H39N7O3. The predicted molar refractivity (Wildman–Crippen MR) is 190 cm³/mol. The van der Waals surface area contributed by atoms with Gasteiger partial charge in [0.25, 0.3) is 5.56 Å². The standard InChI is InChI=1S/C38H39N7O3/c1-25(2)30-15-9-16-31(26(3)4)34(30)42-38(47)43-35-33(28-13-8-14-29(21-28)48-20-19-44-24-39-23-41-44)32-17-10-18-40-36(32)45(37(35)46)22-27-11-6-5-7-12-27/h5-18,21,23-26H,19-20,22H2,1-4H3,(H2,42,43,47). The topological polar surface area (TPSA) is 116 Å². The molecule has 3 aromatic heterocycles. The summed E-state index contributed by atoms with van der Waals surface area (Å²) in [5.41, 5.74) is 5.30. The van der Waals surface area contributed by atoms with Gasteiger partial charge in [0, 0.05) is 22.8 Å². The molecule has 0 atom stereocenters. The minimum absolute atomic E-state index is 0.150. The van der Waals surface area contributed by atoms with Gasteiger partial charge in [0.2, 0.25) is 0 Å². The van der Waals surface area contributed by atoms with Gasteiger partial charge in [-0.05, 0) is 58.4 Å². The van der Waals surface area contributed by atoms with E-state index < -0.39 is 6.03 Å². The van der Waals surface area contributed by atoms with Gasteiger partial charge in [0.15, 0.2) is 0 Å². The van der Waals surface area contributed by atoms with Gasteiger partial charge in [-0.15, -0.1) is 0 Å². The molecule has 2 amide bonds. The summed E-state index contributed by atoms with van der Waals surface area (Å²) in [4.78, 5) is 37.2. The molecule has 0 saturated carbocycles. The highest BCUT2D eigenvalue weighted by molar-refractivity contribution is 6.07. The molecule has 244 valence electrons. The molecule has 0 bridgehead atoms. The van der Waals surface area contributed by atoms with E-state index >= 15 is 0 Å². The molecule has 10 heteroatoms. The Kier molecular flexibility index (Phi) is 9.61. The molecule has 10 nitrogen and oxygen atoms in total. The number of anilines is 2. The van der Waals surface area contributed by atoms with E-state index in [1.54, 1.807) is 21.8 Å². The number of urea groups is 1. The lowest BCUT2D eigenvalue weighted by Crippen LogP contribution is -2.30. The summed E-state index contributed by atoms with van der Waals surface area (Å²) in [5.74, 6) is 0.967. The lowest BCUT2D eigenvalue weighted by Gasteiger charge is -2.22. The van der Waals surface area contributed by atoms with Crippen LogP contribution in [0.1, 0.15) is 56.2 Å². The third-order valence-corrected chi connectivity index (χ3v) is 8.23. The molecule has 3 aromatic carbocycles. The number of amides is 2. The smallest absolute Gasteiger partial charge is 0.323 e. The van der Waals surface area contributed by atoms with Crippen molar-refractivity contribution < 1.29 is 9.53 Å². The summed E-state index contributed by atoms with van der Waals surface area (Å²) < 4.78 is 9.38. The number of para-hydroxylation sites is 1. The van der Waals surface area contributed by atoms with Crippen molar-refractivity contribution in [2.24, 2.45) is 0 Å². The minimum atomic E-state index is -0.502. The van der Waals surface area contributed by atoms with Crippen molar-refractivity contribution in [1.82, 2.24) is 24.3 Å². The maximum absolute atomic E-state index is 14.5. The lowest BCUT2D eigenvalue weighted by atomic mass is 9.93. The number of carbonyl (C=O) groups is 1. The van der Waals surface area contributed by atoms with Crippen molar-refractivity contribution in [3.8, 4) is 16.9 Å². The van der Waals surface area contributed by atoms with Gasteiger partial charge in [-0.1, -0.05) is 88.4 Å². The first-order valence-electron chi connectivity index (χ1n) is 16.1. The van der Waals surface area contributed by atoms with Gasteiger partial charge in [0.05, 0.1) is 13.1 Å². The summed E-state index contributed by atoms with van der Waals surface area (Å²) in [7, 11) is 0. The van der Waals surface area contributed by atoms with Crippen LogP contribution in [-0.2, 0) is 13.1 Å². The first kappa shape index (κ1) is 32.2. The largest absolute Gasteiger partial charge is 0.492 e. The second-order valence-corrected chi connectivity index (χ2v) is 12.2. The number of hydrogen-bond acceptors (Lipinski definition) is 6. The van der Waals surface area contributed by atoms with Crippen molar-refractivity contribution in [3.05, 3.63) is 131 Å².